The van der Waals surface area contributed by atoms with Crippen molar-refractivity contribution in [3.63, 3.8) is 0 Å². The van der Waals surface area contributed by atoms with E-state index in [0.717, 1.165) is 32.1 Å². The minimum absolute atomic E-state index is 0.157. The first-order valence-corrected chi connectivity index (χ1v) is 12.4. The van der Waals surface area contributed by atoms with Crippen LogP contribution in [0.2, 0.25) is 0 Å². The Hall–Kier alpha value is -0.0000000000000000763. The Morgan fingerprint density at radius 2 is 1.52 bits per heavy atom. The molecule has 0 rings (SSSR count). The van der Waals surface area contributed by atoms with Gasteiger partial charge in [-0.25, -0.2) is 0 Å². The van der Waals surface area contributed by atoms with Gasteiger partial charge in [0.2, 0.25) is 5.91 Å². The van der Waals surface area contributed by atoms with E-state index in [1.54, 1.807) is 0 Å². The molecule has 0 aliphatic heterocycles. The lowest BCUT2D eigenvalue weighted by Crippen LogP contribution is -2.24. The first kappa shape index (κ1) is 25.0. The fourth-order valence-corrected chi connectivity index (χ4v) is 3.24. The van der Waals surface area contributed by atoms with Crippen molar-refractivity contribution >= 4 is 24.4 Å². The van der Waals surface area contributed by atoms with Gasteiger partial charge in [-0.3, -0.25) is 4.79 Å². The number of carbonyl (C=O) groups is 1. The van der Waals surface area contributed by atoms with Crippen LogP contribution in [0, 0.1) is 0 Å². The fourth-order valence-electron chi connectivity index (χ4n) is 2.55. The van der Waals surface area contributed by atoms with Gasteiger partial charge in [0.05, 0.1) is 6.61 Å². The molecule has 0 bridgehead atoms. The molecule has 7 heteroatoms. The van der Waals surface area contributed by atoms with Crippen LogP contribution < -0.4 is 5.32 Å². The average molecular weight is 396 g/mol. The normalized spacial score (nSPS) is 13.6. The summed E-state index contributed by atoms with van der Waals surface area (Å²) in [6.45, 7) is 0.331. The van der Waals surface area contributed by atoms with Gasteiger partial charge < -0.3 is 19.3 Å². The maximum atomic E-state index is 11.7. The van der Waals surface area contributed by atoms with Crippen LogP contribution in [0.25, 0.3) is 0 Å². The number of nitrogens with one attached hydrogen (secondary N) is 1. The molecule has 5 nitrogen and oxygen atoms in total. The van der Waals surface area contributed by atoms with Crippen molar-refractivity contribution in [1.29, 1.82) is 0 Å². The maximum Gasteiger partial charge on any atom is 0.324 e. The first-order chi connectivity index (χ1) is 12.0. The average Bonchev–Trinajstić information content (AvgIpc) is 2.59. The van der Waals surface area contributed by atoms with E-state index in [1.807, 2.05) is 0 Å². The molecule has 0 fully saturated rings. The molecule has 0 heterocycles. The van der Waals surface area contributed by atoms with E-state index in [2.05, 4.69) is 16.8 Å². The lowest BCUT2D eigenvalue weighted by Gasteiger charge is -2.12. The Labute approximate surface area is 159 Å². The Morgan fingerprint density at radius 3 is 2.12 bits per heavy atom. The molecular weight excluding hydrogens is 357 g/mol. The molecule has 1 unspecified atom stereocenters. The van der Waals surface area contributed by atoms with Gasteiger partial charge in [-0.2, -0.15) is 0 Å². The third kappa shape index (κ3) is 18.6. The standard InChI is InChI=1S/C18H38NO4PS/c1-3-4-5-6-7-8-9-10-12-15-18(20)19-16-13-11-14-17-23-24(21,25)22-2/h3-17H2,1-2H3,(H,19,20)(H,21,25). The molecule has 0 saturated heterocycles. The predicted octanol–water partition coefficient (Wildman–Crippen LogP) is 5.07. The Morgan fingerprint density at radius 1 is 0.960 bits per heavy atom. The highest BCUT2D eigenvalue weighted by molar-refractivity contribution is 8.07. The molecule has 1 atom stereocenters. The number of unbranched alkanes of at least 4 members (excludes halogenated alkanes) is 10. The van der Waals surface area contributed by atoms with Gasteiger partial charge in [0.1, 0.15) is 0 Å². The zero-order valence-electron chi connectivity index (χ0n) is 16.1. The molecule has 0 spiro atoms. The third-order valence-electron chi connectivity index (χ3n) is 4.14. The molecule has 0 aromatic rings. The van der Waals surface area contributed by atoms with E-state index in [-0.39, 0.29) is 5.91 Å². The second kappa shape index (κ2) is 17.4. The van der Waals surface area contributed by atoms with Crippen molar-refractivity contribution < 1.29 is 18.7 Å². The van der Waals surface area contributed by atoms with Gasteiger partial charge in [0.15, 0.2) is 0 Å². The van der Waals surface area contributed by atoms with Gasteiger partial charge in [0.25, 0.3) is 0 Å². The van der Waals surface area contributed by atoms with E-state index in [0.29, 0.717) is 19.6 Å². The predicted molar refractivity (Wildman–Crippen MR) is 108 cm³/mol. The van der Waals surface area contributed by atoms with Gasteiger partial charge in [-0.05, 0) is 37.5 Å². The van der Waals surface area contributed by atoms with Crippen LogP contribution in [0.4, 0.5) is 0 Å². The van der Waals surface area contributed by atoms with Gasteiger partial charge in [-0.1, -0.05) is 58.3 Å². The molecule has 0 aliphatic rings. The smallest absolute Gasteiger partial charge is 0.324 e. The zero-order chi connectivity index (χ0) is 18.8. The summed E-state index contributed by atoms with van der Waals surface area (Å²) in [7, 11) is 1.35. The van der Waals surface area contributed by atoms with Crippen LogP contribution in [0.1, 0.15) is 90.4 Å². The lowest BCUT2D eigenvalue weighted by molar-refractivity contribution is -0.121. The van der Waals surface area contributed by atoms with Crippen LogP contribution in [0.5, 0.6) is 0 Å². The summed E-state index contributed by atoms with van der Waals surface area (Å²) in [6, 6.07) is 0. The molecule has 150 valence electrons. The number of hydrogen-bond acceptors (Lipinski definition) is 4. The van der Waals surface area contributed by atoms with E-state index in [4.69, 9.17) is 16.3 Å². The Kier molecular flexibility index (Phi) is 17.4. The summed E-state index contributed by atoms with van der Waals surface area (Å²) in [5.74, 6) is 0.157. The summed E-state index contributed by atoms with van der Waals surface area (Å²) in [4.78, 5) is 21.1. The number of carbonyl (C=O) groups excluding carboxylic acids is 1. The van der Waals surface area contributed by atoms with Crippen molar-refractivity contribution in [1.82, 2.24) is 5.32 Å². The van der Waals surface area contributed by atoms with Crippen molar-refractivity contribution in [3.8, 4) is 0 Å². The lowest BCUT2D eigenvalue weighted by atomic mass is 10.1. The van der Waals surface area contributed by atoms with Crippen LogP contribution in [0.3, 0.4) is 0 Å². The minimum Gasteiger partial charge on any atom is -0.356 e. The van der Waals surface area contributed by atoms with Crippen LogP contribution in [-0.2, 0) is 25.6 Å². The highest BCUT2D eigenvalue weighted by Crippen LogP contribution is 2.42. The molecule has 0 aromatic heterocycles. The summed E-state index contributed by atoms with van der Waals surface area (Å²) >= 11 is 4.74. The minimum atomic E-state index is -3.01. The van der Waals surface area contributed by atoms with E-state index in [9.17, 15) is 9.69 Å². The van der Waals surface area contributed by atoms with E-state index in [1.165, 1.54) is 52.1 Å². The maximum absolute atomic E-state index is 11.7. The Balaban J connectivity index is 3.27. The second-order valence-electron chi connectivity index (χ2n) is 6.47. The highest BCUT2D eigenvalue weighted by Gasteiger charge is 2.10. The van der Waals surface area contributed by atoms with Crippen LogP contribution in [-0.4, -0.2) is 31.1 Å². The fraction of sp³-hybridized carbons (Fsp3) is 0.944. The van der Waals surface area contributed by atoms with Gasteiger partial charge in [-0.15, -0.1) is 0 Å². The van der Waals surface area contributed by atoms with Crippen LogP contribution >= 0.6 is 6.72 Å². The third-order valence-corrected chi connectivity index (χ3v) is 5.87. The summed E-state index contributed by atoms with van der Waals surface area (Å²) in [5.41, 5.74) is 0. The van der Waals surface area contributed by atoms with Gasteiger partial charge in [0, 0.05) is 20.1 Å². The molecule has 0 aromatic carbocycles. The summed E-state index contributed by atoms with van der Waals surface area (Å²) < 4.78 is 9.77. The number of rotatable bonds is 18. The molecule has 1 amide bonds. The van der Waals surface area contributed by atoms with Gasteiger partial charge >= 0.3 is 6.72 Å². The highest BCUT2D eigenvalue weighted by atomic mass is 32.5. The van der Waals surface area contributed by atoms with Crippen molar-refractivity contribution in [2.45, 2.75) is 90.4 Å². The summed E-state index contributed by atoms with van der Waals surface area (Å²) in [5, 5.41) is 2.96. The van der Waals surface area contributed by atoms with Crippen molar-refractivity contribution in [2.24, 2.45) is 0 Å². The molecule has 2 N–H and O–H groups in total. The summed E-state index contributed by atoms with van der Waals surface area (Å²) in [6.07, 6.45) is 14.7. The number of amides is 1. The molecule has 0 radical (unpaired) electrons. The Bertz CT molecular complexity index is 369. The van der Waals surface area contributed by atoms with E-state index < -0.39 is 6.72 Å². The van der Waals surface area contributed by atoms with Crippen molar-refractivity contribution in [2.75, 3.05) is 20.3 Å². The molecule has 25 heavy (non-hydrogen) atoms. The molecule has 0 saturated carbocycles. The monoisotopic (exact) mass is 395 g/mol. The largest absolute Gasteiger partial charge is 0.356 e. The second-order valence-corrected chi connectivity index (χ2v) is 9.42. The van der Waals surface area contributed by atoms with E-state index >= 15 is 0 Å². The molecular formula is C18H38NO4PS. The van der Waals surface area contributed by atoms with Crippen LogP contribution in [0.15, 0.2) is 0 Å². The molecule has 0 aliphatic carbocycles. The zero-order valence-corrected chi connectivity index (χ0v) is 17.8. The topological polar surface area (TPSA) is 67.8 Å². The van der Waals surface area contributed by atoms with Crippen molar-refractivity contribution in [3.05, 3.63) is 0 Å². The first-order valence-electron chi connectivity index (χ1n) is 9.81. The SMILES string of the molecule is CCCCCCCCCCCC(=O)NCCCCCOP(O)(=S)OC. The number of hydrogen-bond donors (Lipinski definition) is 2. The quantitative estimate of drug-likeness (QED) is 0.250.